The molecule has 0 aromatic heterocycles. The minimum absolute atomic E-state index is 0.122. The number of ether oxygens (including phenoxy) is 1. The number of aryl methyl sites for hydroxylation is 1. The highest BCUT2D eigenvalue weighted by atomic mass is 32.2. The Labute approximate surface area is 189 Å². The fourth-order valence-corrected chi connectivity index (χ4v) is 3.90. The molecule has 7 heteroatoms. The van der Waals surface area contributed by atoms with Crippen molar-refractivity contribution in [2.75, 3.05) is 16.8 Å². The van der Waals surface area contributed by atoms with Crippen molar-refractivity contribution in [3.05, 3.63) is 94.9 Å². The summed E-state index contributed by atoms with van der Waals surface area (Å²) in [4.78, 5) is 38.6. The largest absolute Gasteiger partial charge is 0.484 e. The Morgan fingerprint density at radius 1 is 0.969 bits per heavy atom. The van der Waals surface area contributed by atoms with Gasteiger partial charge in [0.05, 0.1) is 10.6 Å². The molecule has 0 saturated carbocycles. The van der Waals surface area contributed by atoms with Crippen LogP contribution in [0.1, 0.15) is 11.1 Å². The fraction of sp³-hybridized carbons (Fsp3) is 0.0800. The van der Waals surface area contributed by atoms with Gasteiger partial charge in [-0.1, -0.05) is 48.0 Å². The summed E-state index contributed by atoms with van der Waals surface area (Å²) in [6.45, 7) is 1.86. The van der Waals surface area contributed by atoms with Gasteiger partial charge in [0.1, 0.15) is 5.75 Å². The van der Waals surface area contributed by atoms with E-state index in [1.54, 1.807) is 54.6 Å². The molecule has 3 amide bonds. The molecular formula is C25H20N2O4S. The van der Waals surface area contributed by atoms with E-state index in [-0.39, 0.29) is 23.7 Å². The van der Waals surface area contributed by atoms with Crippen molar-refractivity contribution >= 4 is 46.3 Å². The normalized spacial score (nSPS) is 14.7. The first kappa shape index (κ1) is 21.4. The van der Waals surface area contributed by atoms with Crippen LogP contribution in [0.3, 0.4) is 0 Å². The third kappa shape index (κ3) is 5.07. The predicted octanol–water partition coefficient (Wildman–Crippen LogP) is 5.25. The fourth-order valence-electron chi connectivity index (χ4n) is 3.06. The van der Waals surface area contributed by atoms with Crippen LogP contribution in [0, 0.1) is 6.92 Å². The van der Waals surface area contributed by atoms with E-state index in [1.165, 1.54) is 4.90 Å². The molecule has 160 valence electrons. The Morgan fingerprint density at radius 2 is 1.66 bits per heavy atom. The highest BCUT2D eigenvalue weighted by Crippen LogP contribution is 2.35. The van der Waals surface area contributed by atoms with Crippen LogP contribution in [-0.4, -0.2) is 23.7 Å². The number of anilines is 2. The number of amides is 3. The molecule has 32 heavy (non-hydrogen) atoms. The zero-order chi connectivity index (χ0) is 22.5. The monoisotopic (exact) mass is 444 g/mol. The number of nitrogens with zero attached hydrogens (tertiary/aromatic N) is 1. The highest BCUT2D eigenvalue weighted by molar-refractivity contribution is 8.19. The first-order valence-corrected chi connectivity index (χ1v) is 10.7. The standard InChI is InChI=1S/C25H20N2O4S/c1-17-7-11-19(12-8-17)26-23(28)16-31-21-13-9-18(10-14-21)15-22-24(29)27(25(30)32-22)20-5-3-2-4-6-20/h2-15H,16H2,1H3,(H,26,28)/b22-15+. The van der Waals surface area contributed by atoms with Crippen molar-refractivity contribution in [2.24, 2.45) is 0 Å². The maximum atomic E-state index is 12.7. The number of rotatable bonds is 6. The minimum atomic E-state index is -0.348. The van der Waals surface area contributed by atoms with E-state index in [0.29, 0.717) is 22.0 Å². The van der Waals surface area contributed by atoms with Gasteiger partial charge >= 0.3 is 0 Å². The van der Waals surface area contributed by atoms with Crippen LogP contribution in [-0.2, 0) is 9.59 Å². The maximum absolute atomic E-state index is 12.7. The van der Waals surface area contributed by atoms with Gasteiger partial charge in [0, 0.05) is 5.69 Å². The van der Waals surface area contributed by atoms with Gasteiger partial charge in [-0.15, -0.1) is 0 Å². The van der Waals surface area contributed by atoms with Gasteiger partial charge in [0.25, 0.3) is 17.1 Å². The smallest absolute Gasteiger partial charge is 0.298 e. The van der Waals surface area contributed by atoms with E-state index < -0.39 is 0 Å². The Hall–Kier alpha value is -3.84. The maximum Gasteiger partial charge on any atom is 0.298 e. The van der Waals surface area contributed by atoms with E-state index in [4.69, 9.17) is 4.74 Å². The summed E-state index contributed by atoms with van der Waals surface area (Å²) in [7, 11) is 0. The van der Waals surface area contributed by atoms with Crippen molar-refractivity contribution in [1.29, 1.82) is 0 Å². The lowest BCUT2D eigenvalue weighted by atomic mass is 10.2. The number of thioether (sulfide) groups is 1. The van der Waals surface area contributed by atoms with Gasteiger partial charge in [0.15, 0.2) is 6.61 Å². The summed E-state index contributed by atoms with van der Waals surface area (Å²) >= 11 is 0.906. The van der Waals surface area contributed by atoms with E-state index in [9.17, 15) is 14.4 Å². The van der Waals surface area contributed by atoms with E-state index in [0.717, 1.165) is 22.9 Å². The van der Waals surface area contributed by atoms with Crippen LogP contribution in [0.4, 0.5) is 16.2 Å². The van der Waals surface area contributed by atoms with Crippen LogP contribution in [0.15, 0.2) is 83.8 Å². The van der Waals surface area contributed by atoms with Crippen molar-refractivity contribution in [3.8, 4) is 5.75 Å². The number of carbonyl (C=O) groups excluding carboxylic acids is 3. The second kappa shape index (κ2) is 9.53. The van der Waals surface area contributed by atoms with Gasteiger partial charge in [-0.3, -0.25) is 14.4 Å². The third-order valence-electron chi connectivity index (χ3n) is 4.69. The molecule has 0 radical (unpaired) electrons. The van der Waals surface area contributed by atoms with Crippen LogP contribution < -0.4 is 15.0 Å². The van der Waals surface area contributed by atoms with Gasteiger partial charge in [-0.2, -0.15) is 0 Å². The summed E-state index contributed by atoms with van der Waals surface area (Å²) in [5.41, 5.74) is 3.12. The molecule has 1 heterocycles. The molecule has 1 saturated heterocycles. The summed E-state index contributed by atoms with van der Waals surface area (Å²) in [5, 5.41) is 2.45. The van der Waals surface area contributed by atoms with E-state index in [1.807, 2.05) is 37.3 Å². The number of imide groups is 1. The number of hydrogen-bond donors (Lipinski definition) is 1. The predicted molar refractivity (Wildman–Crippen MR) is 127 cm³/mol. The van der Waals surface area contributed by atoms with Crippen LogP contribution >= 0.6 is 11.8 Å². The van der Waals surface area contributed by atoms with Crippen LogP contribution in [0.25, 0.3) is 6.08 Å². The number of nitrogens with one attached hydrogen (secondary N) is 1. The molecule has 1 aliphatic heterocycles. The van der Waals surface area contributed by atoms with E-state index >= 15 is 0 Å². The van der Waals surface area contributed by atoms with E-state index in [2.05, 4.69) is 5.32 Å². The average molecular weight is 445 g/mol. The molecule has 1 N–H and O–H groups in total. The average Bonchev–Trinajstić information content (AvgIpc) is 3.08. The first-order valence-electron chi connectivity index (χ1n) is 9.92. The van der Waals surface area contributed by atoms with Gasteiger partial charge in [0.2, 0.25) is 0 Å². The van der Waals surface area contributed by atoms with Crippen LogP contribution in [0.2, 0.25) is 0 Å². The van der Waals surface area contributed by atoms with Crippen molar-refractivity contribution < 1.29 is 19.1 Å². The number of para-hydroxylation sites is 1. The molecule has 0 bridgehead atoms. The zero-order valence-corrected chi connectivity index (χ0v) is 18.1. The Morgan fingerprint density at radius 3 is 2.34 bits per heavy atom. The van der Waals surface area contributed by atoms with Gasteiger partial charge < -0.3 is 10.1 Å². The van der Waals surface area contributed by atoms with Crippen LogP contribution in [0.5, 0.6) is 5.75 Å². The summed E-state index contributed by atoms with van der Waals surface area (Å²) < 4.78 is 5.53. The summed E-state index contributed by atoms with van der Waals surface area (Å²) in [5.74, 6) is -0.0783. The Kier molecular flexibility index (Phi) is 6.37. The molecule has 3 aromatic rings. The molecule has 6 nitrogen and oxygen atoms in total. The zero-order valence-electron chi connectivity index (χ0n) is 17.3. The SMILES string of the molecule is Cc1ccc(NC(=O)COc2ccc(/C=C3/SC(=O)N(c4ccccc4)C3=O)cc2)cc1. The minimum Gasteiger partial charge on any atom is -0.484 e. The molecule has 0 unspecified atom stereocenters. The molecule has 3 aromatic carbocycles. The highest BCUT2D eigenvalue weighted by Gasteiger charge is 2.36. The molecule has 0 aliphatic carbocycles. The molecule has 1 aliphatic rings. The topological polar surface area (TPSA) is 75.7 Å². The van der Waals surface area contributed by atoms with Crippen molar-refractivity contribution in [1.82, 2.24) is 0 Å². The van der Waals surface area contributed by atoms with Gasteiger partial charge in [-0.25, -0.2) is 4.90 Å². The summed E-state index contributed by atoms with van der Waals surface area (Å²) in [6, 6.07) is 23.3. The second-order valence-corrected chi connectivity index (χ2v) is 8.12. The number of carbonyl (C=O) groups is 3. The second-order valence-electron chi connectivity index (χ2n) is 7.12. The van der Waals surface area contributed by atoms with Crippen molar-refractivity contribution in [2.45, 2.75) is 6.92 Å². The Balaban J connectivity index is 1.36. The number of hydrogen-bond acceptors (Lipinski definition) is 5. The summed E-state index contributed by atoms with van der Waals surface area (Å²) in [6.07, 6.45) is 1.67. The van der Waals surface area contributed by atoms with Crippen molar-refractivity contribution in [3.63, 3.8) is 0 Å². The Bertz CT molecular complexity index is 1170. The molecule has 0 spiro atoms. The lowest BCUT2D eigenvalue weighted by Crippen LogP contribution is -2.27. The molecule has 4 rings (SSSR count). The molecule has 1 fully saturated rings. The third-order valence-corrected chi connectivity index (χ3v) is 5.56. The van der Waals surface area contributed by atoms with Gasteiger partial charge in [-0.05, 0) is 66.7 Å². The molecular weight excluding hydrogens is 424 g/mol. The number of benzene rings is 3. The first-order chi connectivity index (χ1) is 15.5. The molecule has 0 atom stereocenters. The lowest BCUT2D eigenvalue weighted by Gasteiger charge is -2.11. The quantitative estimate of drug-likeness (QED) is 0.526. The lowest BCUT2D eigenvalue weighted by molar-refractivity contribution is -0.118.